The Morgan fingerprint density at radius 3 is 2.41 bits per heavy atom. The van der Waals surface area contributed by atoms with Gasteiger partial charge in [-0.25, -0.2) is 13.1 Å². The highest BCUT2D eigenvalue weighted by Gasteiger charge is 2.15. The second-order valence-corrected chi connectivity index (χ2v) is 8.31. The molecule has 2 aromatic heterocycles. The number of rotatable bonds is 8. The summed E-state index contributed by atoms with van der Waals surface area (Å²) in [6.07, 6.45) is 1.46. The van der Waals surface area contributed by atoms with Gasteiger partial charge in [-0.3, -0.25) is 9.59 Å². The van der Waals surface area contributed by atoms with E-state index in [0.29, 0.717) is 16.1 Å². The summed E-state index contributed by atoms with van der Waals surface area (Å²) in [4.78, 5) is 23.8. The summed E-state index contributed by atoms with van der Waals surface area (Å²) in [5.74, 6) is -0.451. The van der Waals surface area contributed by atoms with E-state index in [1.807, 2.05) is 0 Å². The number of furan rings is 2. The smallest absolute Gasteiger partial charge is 0.287 e. The molecule has 11 heteroatoms. The number of amides is 2. The van der Waals surface area contributed by atoms with Crippen molar-refractivity contribution in [1.29, 1.82) is 0 Å². The Labute approximate surface area is 174 Å². The molecule has 0 aliphatic heterocycles. The number of halogens is 1. The monoisotopic (exact) mass is 481 g/mol. The van der Waals surface area contributed by atoms with Gasteiger partial charge in [0.2, 0.25) is 15.9 Å². The fraction of sp³-hybridized carbons (Fsp3) is 0.111. The largest absolute Gasteiger partial charge is 0.468 e. The van der Waals surface area contributed by atoms with Crippen LogP contribution in [0.2, 0.25) is 0 Å². The van der Waals surface area contributed by atoms with Gasteiger partial charge in [-0.1, -0.05) is 0 Å². The highest BCUT2D eigenvalue weighted by atomic mass is 79.9. The molecule has 9 nitrogen and oxygen atoms in total. The van der Waals surface area contributed by atoms with Gasteiger partial charge >= 0.3 is 0 Å². The maximum atomic E-state index is 12.3. The molecule has 1 aromatic carbocycles. The van der Waals surface area contributed by atoms with Crippen LogP contribution in [0.5, 0.6) is 0 Å². The van der Waals surface area contributed by atoms with Crippen molar-refractivity contribution in [2.24, 2.45) is 0 Å². The zero-order valence-electron chi connectivity index (χ0n) is 14.8. The second kappa shape index (κ2) is 9.07. The van der Waals surface area contributed by atoms with Crippen molar-refractivity contribution in [1.82, 2.24) is 10.0 Å². The van der Waals surface area contributed by atoms with Gasteiger partial charge in [-0.15, -0.1) is 0 Å². The molecule has 3 N–H and O–H groups in total. The predicted molar refractivity (Wildman–Crippen MR) is 107 cm³/mol. The fourth-order valence-corrected chi connectivity index (χ4v) is 3.57. The number of anilines is 1. The lowest BCUT2D eigenvalue weighted by Crippen LogP contribution is -2.32. The van der Waals surface area contributed by atoms with E-state index in [2.05, 4.69) is 31.3 Å². The molecule has 0 atom stereocenters. The molecule has 3 rings (SSSR count). The lowest BCUT2D eigenvalue weighted by atomic mass is 10.3. The van der Waals surface area contributed by atoms with Crippen molar-refractivity contribution in [2.75, 3.05) is 11.9 Å². The maximum Gasteiger partial charge on any atom is 0.287 e. The Morgan fingerprint density at radius 2 is 1.79 bits per heavy atom. The molecule has 2 heterocycles. The first-order chi connectivity index (χ1) is 13.8. The molecular formula is C18H16BrN3O6S. The van der Waals surface area contributed by atoms with E-state index in [0.717, 1.165) is 0 Å². The van der Waals surface area contributed by atoms with Gasteiger partial charge in [0.05, 0.1) is 24.2 Å². The second-order valence-electron chi connectivity index (χ2n) is 5.76. The average Bonchev–Trinajstić information content (AvgIpc) is 3.37. The van der Waals surface area contributed by atoms with Gasteiger partial charge in [-0.05, 0) is 64.5 Å². The average molecular weight is 482 g/mol. The normalized spacial score (nSPS) is 11.2. The molecule has 0 saturated carbocycles. The van der Waals surface area contributed by atoms with E-state index >= 15 is 0 Å². The van der Waals surface area contributed by atoms with Crippen molar-refractivity contribution in [3.8, 4) is 0 Å². The summed E-state index contributed by atoms with van der Waals surface area (Å²) in [7, 11) is -3.73. The molecular weight excluding hydrogens is 466 g/mol. The van der Waals surface area contributed by atoms with Crippen LogP contribution in [-0.2, 0) is 21.4 Å². The SMILES string of the molecule is O=C(CNC(=O)c1ccc(Br)o1)Nc1ccc(S(=O)(=O)NCc2ccco2)cc1. The summed E-state index contributed by atoms with van der Waals surface area (Å²) in [5, 5.41) is 4.98. The summed E-state index contributed by atoms with van der Waals surface area (Å²) < 4.78 is 37.5. The van der Waals surface area contributed by atoms with Crippen molar-refractivity contribution in [2.45, 2.75) is 11.4 Å². The summed E-state index contributed by atoms with van der Waals surface area (Å²) in [5.41, 5.74) is 0.384. The molecule has 0 aliphatic rings. The zero-order chi connectivity index (χ0) is 20.9. The molecule has 2 amide bonds. The van der Waals surface area contributed by atoms with Crippen LogP contribution >= 0.6 is 15.9 Å². The Hall–Kier alpha value is -2.89. The van der Waals surface area contributed by atoms with Crippen LogP contribution in [-0.4, -0.2) is 26.8 Å². The third-order valence-electron chi connectivity index (χ3n) is 3.67. The third-order valence-corrected chi connectivity index (χ3v) is 5.51. The van der Waals surface area contributed by atoms with Crippen LogP contribution < -0.4 is 15.4 Å². The van der Waals surface area contributed by atoms with Crippen molar-refractivity contribution < 1.29 is 26.8 Å². The first-order valence-corrected chi connectivity index (χ1v) is 10.6. The van der Waals surface area contributed by atoms with Gasteiger partial charge in [-0.2, -0.15) is 0 Å². The van der Waals surface area contributed by atoms with E-state index in [4.69, 9.17) is 8.83 Å². The van der Waals surface area contributed by atoms with Crippen LogP contribution in [0, 0.1) is 0 Å². The molecule has 0 spiro atoms. The van der Waals surface area contributed by atoms with E-state index in [9.17, 15) is 18.0 Å². The molecule has 0 radical (unpaired) electrons. The number of nitrogens with one attached hydrogen (secondary N) is 3. The Morgan fingerprint density at radius 1 is 1.03 bits per heavy atom. The van der Waals surface area contributed by atoms with Gasteiger partial charge in [0.15, 0.2) is 10.4 Å². The first kappa shape index (κ1) is 20.8. The summed E-state index contributed by atoms with van der Waals surface area (Å²) in [6, 6.07) is 12.0. The van der Waals surface area contributed by atoms with Gasteiger partial charge in [0.25, 0.3) is 5.91 Å². The molecule has 0 saturated heterocycles. The van der Waals surface area contributed by atoms with E-state index in [1.54, 1.807) is 18.2 Å². The van der Waals surface area contributed by atoms with Crippen LogP contribution in [0.25, 0.3) is 0 Å². The van der Waals surface area contributed by atoms with Gasteiger partial charge < -0.3 is 19.5 Å². The Bertz CT molecular complexity index is 1090. The van der Waals surface area contributed by atoms with Crippen molar-refractivity contribution in [3.05, 3.63) is 71.0 Å². The number of sulfonamides is 1. The van der Waals surface area contributed by atoms with E-state index in [-0.39, 0.29) is 23.7 Å². The Balaban J connectivity index is 1.51. The highest BCUT2D eigenvalue weighted by Crippen LogP contribution is 2.15. The van der Waals surface area contributed by atoms with Gasteiger partial charge in [0.1, 0.15) is 5.76 Å². The summed E-state index contributed by atoms with van der Waals surface area (Å²) in [6.45, 7) is -0.248. The minimum atomic E-state index is -3.73. The molecule has 3 aromatic rings. The Kier molecular flexibility index (Phi) is 6.52. The standard InChI is InChI=1S/C18H16BrN3O6S/c19-16-8-7-15(28-16)18(24)20-11-17(23)22-12-3-5-14(6-4-12)29(25,26)21-10-13-2-1-9-27-13/h1-9,21H,10-11H2,(H,20,24)(H,22,23). The van der Waals surface area contributed by atoms with Crippen molar-refractivity contribution in [3.63, 3.8) is 0 Å². The highest BCUT2D eigenvalue weighted by molar-refractivity contribution is 9.10. The van der Waals surface area contributed by atoms with Gasteiger partial charge in [0, 0.05) is 5.69 Å². The molecule has 152 valence electrons. The maximum absolute atomic E-state index is 12.3. The number of carbonyl (C=O) groups is 2. The fourth-order valence-electron chi connectivity index (χ4n) is 2.27. The topological polar surface area (TPSA) is 131 Å². The van der Waals surface area contributed by atoms with Crippen LogP contribution in [0.4, 0.5) is 5.69 Å². The molecule has 29 heavy (non-hydrogen) atoms. The van der Waals surface area contributed by atoms with Crippen LogP contribution in [0.15, 0.2) is 73.2 Å². The zero-order valence-corrected chi connectivity index (χ0v) is 17.2. The molecule has 0 bridgehead atoms. The molecule has 0 unspecified atom stereocenters. The van der Waals surface area contributed by atoms with E-state index in [1.165, 1.54) is 36.6 Å². The predicted octanol–water partition coefficient (Wildman–Crippen LogP) is 2.48. The van der Waals surface area contributed by atoms with Crippen LogP contribution in [0.3, 0.4) is 0 Å². The minimum absolute atomic E-state index is 0.0275. The third kappa shape index (κ3) is 5.79. The van der Waals surface area contributed by atoms with E-state index < -0.39 is 21.8 Å². The summed E-state index contributed by atoms with van der Waals surface area (Å²) >= 11 is 3.09. The quantitative estimate of drug-likeness (QED) is 0.452. The first-order valence-electron chi connectivity index (χ1n) is 8.29. The number of benzene rings is 1. The molecule has 0 fully saturated rings. The lowest BCUT2D eigenvalue weighted by molar-refractivity contribution is -0.115. The van der Waals surface area contributed by atoms with Crippen LogP contribution in [0.1, 0.15) is 16.3 Å². The minimum Gasteiger partial charge on any atom is -0.468 e. The number of carbonyl (C=O) groups excluding carboxylic acids is 2. The van der Waals surface area contributed by atoms with Crippen molar-refractivity contribution >= 4 is 43.5 Å². The number of hydrogen-bond donors (Lipinski definition) is 3. The lowest BCUT2D eigenvalue weighted by Gasteiger charge is -2.08. The molecule has 0 aliphatic carbocycles. The number of hydrogen-bond acceptors (Lipinski definition) is 6.